The number of aliphatic hydroxyl groups excluding tert-OH is 1. The minimum absolute atomic E-state index is 0.163. The van der Waals surface area contributed by atoms with E-state index in [0.717, 1.165) is 44.6 Å². The number of phenolic OH excluding ortho intramolecular Hbond substituents is 1. The van der Waals surface area contributed by atoms with Gasteiger partial charge in [-0.05, 0) is 73.6 Å². The molecule has 1 atom stereocenters. The van der Waals surface area contributed by atoms with Crippen molar-refractivity contribution in [3.05, 3.63) is 89.6 Å². The van der Waals surface area contributed by atoms with Crippen LogP contribution in [0.5, 0.6) is 5.75 Å². The summed E-state index contributed by atoms with van der Waals surface area (Å²) in [5.74, 6) is 0.500. The minimum Gasteiger partial charge on any atom is -0.508 e. The fraction of sp³-hybridized carbons (Fsp3) is 0.400. The van der Waals surface area contributed by atoms with E-state index in [1.807, 2.05) is 18.2 Å². The van der Waals surface area contributed by atoms with Crippen molar-refractivity contribution in [1.29, 1.82) is 0 Å². The number of benzene rings is 2. The quantitative estimate of drug-likeness (QED) is 0.508. The van der Waals surface area contributed by atoms with Gasteiger partial charge in [0, 0.05) is 50.4 Å². The number of aromatic hydroxyl groups is 1. The average Bonchev–Trinajstić information content (AvgIpc) is 2.87. The van der Waals surface area contributed by atoms with E-state index >= 15 is 0 Å². The molecule has 2 aromatic carbocycles. The maximum absolute atomic E-state index is 10.3. The maximum atomic E-state index is 10.3. The molecule has 4 heteroatoms. The second kappa shape index (κ2) is 11.5. The van der Waals surface area contributed by atoms with Gasteiger partial charge in [-0.1, -0.05) is 54.6 Å². The van der Waals surface area contributed by atoms with Crippen molar-refractivity contribution in [2.75, 3.05) is 32.8 Å². The molecule has 34 heavy (non-hydrogen) atoms. The third kappa shape index (κ3) is 5.81. The zero-order valence-corrected chi connectivity index (χ0v) is 20.5. The maximum Gasteiger partial charge on any atom is 0.116 e. The molecule has 4 nitrogen and oxygen atoms in total. The lowest BCUT2D eigenvalue weighted by Crippen LogP contribution is -2.48. The molecule has 1 heterocycles. The van der Waals surface area contributed by atoms with Crippen LogP contribution in [0.4, 0.5) is 0 Å². The molecule has 1 aliphatic carbocycles. The van der Waals surface area contributed by atoms with Crippen LogP contribution in [-0.4, -0.2) is 58.8 Å². The molecule has 0 spiro atoms. The summed E-state index contributed by atoms with van der Waals surface area (Å²) in [4.78, 5) is 5.05. The van der Waals surface area contributed by atoms with E-state index in [9.17, 15) is 10.2 Å². The number of phenols is 1. The second-order valence-corrected chi connectivity index (χ2v) is 9.58. The van der Waals surface area contributed by atoms with Crippen LogP contribution in [-0.2, 0) is 0 Å². The van der Waals surface area contributed by atoms with Gasteiger partial charge in [0.1, 0.15) is 5.75 Å². The zero-order chi connectivity index (χ0) is 23.9. The Morgan fingerprint density at radius 2 is 1.71 bits per heavy atom. The van der Waals surface area contributed by atoms with Crippen LogP contribution in [0.15, 0.2) is 78.5 Å². The van der Waals surface area contributed by atoms with E-state index in [-0.39, 0.29) is 18.3 Å². The first-order valence-electron chi connectivity index (χ1n) is 12.6. The van der Waals surface area contributed by atoms with Gasteiger partial charge in [0.05, 0.1) is 0 Å². The molecule has 4 rings (SSSR count). The Bertz CT molecular complexity index is 1030. The monoisotopic (exact) mass is 458 g/mol. The molecule has 1 aliphatic heterocycles. The zero-order valence-electron chi connectivity index (χ0n) is 20.5. The van der Waals surface area contributed by atoms with Gasteiger partial charge in [0.15, 0.2) is 0 Å². The van der Waals surface area contributed by atoms with Gasteiger partial charge in [-0.25, -0.2) is 0 Å². The average molecular weight is 459 g/mol. The van der Waals surface area contributed by atoms with Gasteiger partial charge in [-0.3, -0.25) is 4.90 Å². The largest absolute Gasteiger partial charge is 0.508 e. The highest BCUT2D eigenvalue weighted by Crippen LogP contribution is 2.40. The lowest BCUT2D eigenvalue weighted by molar-refractivity contribution is 0.132. The molecule has 1 fully saturated rings. The molecule has 0 bridgehead atoms. The molecule has 0 aromatic heterocycles. The first kappa shape index (κ1) is 24.3. The van der Waals surface area contributed by atoms with Gasteiger partial charge in [0.25, 0.3) is 0 Å². The van der Waals surface area contributed by atoms with E-state index in [1.165, 1.54) is 22.4 Å². The summed E-state index contributed by atoms with van der Waals surface area (Å²) < 4.78 is 0. The first-order chi connectivity index (χ1) is 16.6. The molecule has 180 valence electrons. The molecule has 1 saturated heterocycles. The molecule has 2 aromatic rings. The Balaban J connectivity index is 1.65. The van der Waals surface area contributed by atoms with E-state index in [4.69, 9.17) is 0 Å². The highest BCUT2D eigenvalue weighted by molar-refractivity contribution is 5.93. The van der Waals surface area contributed by atoms with Crippen LogP contribution in [0.1, 0.15) is 44.2 Å². The van der Waals surface area contributed by atoms with Crippen molar-refractivity contribution in [3.63, 3.8) is 0 Å². The third-order valence-electron chi connectivity index (χ3n) is 7.05. The molecule has 0 radical (unpaired) electrons. The molecular weight excluding hydrogens is 420 g/mol. The number of piperazine rings is 1. The Morgan fingerprint density at radius 3 is 2.32 bits per heavy atom. The van der Waals surface area contributed by atoms with E-state index in [1.54, 1.807) is 6.07 Å². The first-order valence-corrected chi connectivity index (χ1v) is 12.6. The van der Waals surface area contributed by atoms with Gasteiger partial charge in [-0.2, -0.15) is 0 Å². The van der Waals surface area contributed by atoms with Crippen LogP contribution in [0.2, 0.25) is 0 Å². The number of hydrogen-bond acceptors (Lipinski definition) is 4. The van der Waals surface area contributed by atoms with E-state index in [2.05, 4.69) is 72.2 Å². The topological polar surface area (TPSA) is 46.9 Å². The summed E-state index contributed by atoms with van der Waals surface area (Å²) in [6, 6.07) is 18.7. The Hall–Kier alpha value is -2.82. The van der Waals surface area contributed by atoms with Crippen molar-refractivity contribution >= 4 is 11.1 Å². The predicted molar refractivity (Wildman–Crippen MR) is 141 cm³/mol. The fourth-order valence-electron chi connectivity index (χ4n) is 5.17. The van der Waals surface area contributed by atoms with Crippen molar-refractivity contribution in [3.8, 4) is 5.75 Å². The SMILES string of the molecule is CC(C)N1CCN(C2=CCC(/C(=C(/CCCO)c3ccccc3)c3cccc(O)c3)C=C2)CC1. The molecule has 1 unspecified atom stereocenters. The summed E-state index contributed by atoms with van der Waals surface area (Å²) >= 11 is 0. The summed E-state index contributed by atoms with van der Waals surface area (Å²) in [5, 5.41) is 19.9. The van der Waals surface area contributed by atoms with E-state index in [0.29, 0.717) is 12.5 Å². The third-order valence-corrected chi connectivity index (χ3v) is 7.05. The standard InChI is InChI=1S/C30H38N2O2/c1-23(2)31-17-19-32(20-18-31)27-15-13-25(14-16-27)30(26-10-6-11-28(34)22-26)29(12-7-21-33)24-8-4-3-5-9-24/h3-6,8-11,13,15-16,22-23,25,33-34H,7,12,14,17-21H2,1-2H3/b30-29+. The van der Waals surface area contributed by atoms with Gasteiger partial charge in [-0.15, -0.1) is 0 Å². The number of allylic oxidation sites excluding steroid dienone is 5. The smallest absolute Gasteiger partial charge is 0.116 e. The minimum atomic E-state index is 0.163. The number of rotatable bonds is 8. The fourth-order valence-corrected chi connectivity index (χ4v) is 5.17. The van der Waals surface area contributed by atoms with Crippen molar-refractivity contribution < 1.29 is 10.2 Å². The molecule has 0 saturated carbocycles. The number of aliphatic hydroxyl groups is 1. The van der Waals surface area contributed by atoms with Gasteiger partial charge < -0.3 is 15.1 Å². The highest BCUT2D eigenvalue weighted by atomic mass is 16.3. The summed E-state index contributed by atoms with van der Waals surface area (Å²) in [5.41, 5.74) is 6.05. The molecule has 0 amide bonds. The molecule has 2 N–H and O–H groups in total. The second-order valence-electron chi connectivity index (χ2n) is 9.58. The van der Waals surface area contributed by atoms with E-state index < -0.39 is 0 Å². The lowest BCUT2D eigenvalue weighted by Gasteiger charge is -2.39. The van der Waals surface area contributed by atoms with Crippen molar-refractivity contribution in [2.24, 2.45) is 5.92 Å². The molecule has 2 aliphatic rings. The van der Waals surface area contributed by atoms with Crippen LogP contribution in [0, 0.1) is 5.92 Å². The molecular formula is C30H38N2O2. The lowest BCUT2D eigenvalue weighted by atomic mass is 9.80. The van der Waals surface area contributed by atoms with Crippen LogP contribution in [0.25, 0.3) is 11.1 Å². The highest BCUT2D eigenvalue weighted by Gasteiger charge is 2.24. The van der Waals surface area contributed by atoms with Gasteiger partial charge in [0.2, 0.25) is 0 Å². The summed E-state index contributed by atoms with van der Waals surface area (Å²) in [7, 11) is 0. The predicted octanol–water partition coefficient (Wildman–Crippen LogP) is 5.56. The Morgan fingerprint density at radius 1 is 0.971 bits per heavy atom. The Kier molecular flexibility index (Phi) is 8.25. The summed E-state index contributed by atoms with van der Waals surface area (Å²) in [6.07, 6.45) is 9.44. The van der Waals surface area contributed by atoms with Crippen LogP contribution < -0.4 is 0 Å². The van der Waals surface area contributed by atoms with Crippen LogP contribution >= 0.6 is 0 Å². The number of hydrogen-bond donors (Lipinski definition) is 2. The Labute approximate surface area is 204 Å². The summed E-state index contributed by atoms with van der Waals surface area (Å²) in [6.45, 7) is 9.07. The van der Waals surface area contributed by atoms with Gasteiger partial charge >= 0.3 is 0 Å². The van der Waals surface area contributed by atoms with Crippen LogP contribution in [0.3, 0.4) is 0 Å². The van der Waals surface area contributed by atoms with Crippen molar-refractivity contribution in [2.45, 2.75) is 39.2 Å². The number of nitrogens with zero attached hydrogens (tertiary/aromatic N) is 2. The normalized spacial score (nSPS) is 19.8. The van der Waals surface area contributed by atoms with Crippen molar-refractivity contribution in [1.82, 2.24) is 9.80 Å².